The molecule has 0 aliphatic heterocycles. The van der Waals surface area contributed by atoms with Crippen molar-refractivity contribution < 1.29 is 14.2 Å². The summed E-state index contributed by atoms with van der Waals surface area (Å²) in [6.07, 6.45) is 0. The predicted molar refractivity (Wildman–Crippen MR) is 112 cm³/mol. The highest BCUT2D eigenvalue weighted by Gasteiger charge is 2.15. The summed E-state index contributed by atoms with van der Waals surface area (Å²) in [5.74, 6) is 0.363. The molecule has 1 aromatic heterocycles. The van der Waals surface area contributed by atoms with E-state index in [0.29, 0.717) is 26.2 Å². The number of hydrogen-bond donors (Lipinski definition) is 3. The summed E-state index contributed by atoms with van der Waals surface area (Å²) in [5, 5.41) is 12.8. The summed E-state index contributed by atoms with van der Waals surface area (Å²) in [4.78, 5) is 11.9. The third kappa shape index (κ3) is 6.03. The number of rotatable bonds is 9. The Morgan fingerprint density at radius 1 is 1.17 bits per heavy atom. The third-order valence-corrected chi connectivity index (χ3v) is 4.66. The fraction of sp³-hybridized carbons (Fsp3) is 0.250. The molecule has 1 amide bonds. The molecule has 3 rings (SSSR count). The SMILES string of the molecule is Cc1ccc(COc2ccc(Br)cc2CNCCNC(=O)c2nonc2N)cc1. The van der Waals surface area contributed by atoms with Gasteiger partial charge >= 0.3 is 0 Å². The molecule has 0 fully saturated rings. The first-order valence-corrected chi connectivity index (χ1v) is 9.86. The summed E-state index contributed by atoms with van der Waals surface area (Å²) in [6, 6.07) is 14.2. The van der Waals surface area contributed by atoms with Crippen LogP contribution in [0.25, 0.3) is 0 Å². The van der Waals surface area contributed by atoms with Crippen LogP contribution in [0.5, 0.6) is 5.75 Å². The molecule has 0 saturated carbocycles. The largest absolute Gasteiger partial charge is 0.489 e. The number of aromatic nitrogens is 2. The summed E-state index contributed by atoms with van der Waals surface area (Å²) in [7, 11) is 0. The monoisotopic (exact) mass is 459 g/mol. The number of anilines is 1. The highest BCUT2D eigenvalue weighted by atomic mass is 79.9. The summed E-state index contributed by atoms with van der Waals surface area (Å²) in [6.45, 7) is 4.10. The Balaban J connectivity index is 1.48. The zero-order valence-corrected chi connectivity index (χ0v) is 17.5. The third-order valence-electron chi connectivity index (χ3n) is 4.17. The van der Waals surface area contributed by atoms with Crippen molar-refractivity contribution in [1.82, 2.24) is 20.9 Å². The number of hydrogen-bond acceptors (Lipinski definition) is 7. The van der Waals surface area contributed by atoms with Gasteiger partial charge in [-0.15, -0.1) is 0 Å². The molecule has 152 valence electrons. The molecule has 9 heteroatoms. The molecule has 0 bridgehead atoms. The van der Waals surface area contributed by atoms with Gasteiger partial charge in [0.25, 0.3) is 5.91 Å². The standard InChI is InChI=1S/C20H22BrN5O3/c1-13-2-4-14(5-3-13)12-28-17-7-6-16(21)10-15(17)11-23-8-9-24-20(27)18-19(22)26-29-25-18/h2-7,10,23H,8-9,11-12H2,1H3,(H2,22,26)(H,24,27). The Kier molecular flexibility index (Phi) is 7.20. The van der Waals surface area contributed by atoms with E-state index in [1.807, 2.05) is 18.2 Å². The van der Waals surface area contributed by atoms with Crippen LogP contribution in [0, 0.1) is 6.92 Å². The average Bonchev–Trinajstić information content (AvgIpc) is 3.14. The van der Waals surface area contributed by atoms with Crippen molar-refractivity contribution in [2.45, 2.75) is 20.1 Å². The first kappa shape index (κ1) is 20.8. The van der Waals surface area contributed by atoms with E-state index in [4.69, 9.17) is 10.5 Å². The topological polar surface area (TPSA) is 115 Å². The average molecular weight is 460 g/mol. The van der Waals surface area contributed by atoms with Crippen LogP contribution in [0.4, 0.5) is 5.82 Å². The van der Waals surface area contributed by atoms with Crippen molar-refractivity contribution in [2.24, 2.45) is 0 Å². The molecular formula is C20H22BrN5O3. The van der Waals surface area contributed by atoms with Crippen LogP contribution in [0.3, 0.4) is 0 Å². The van der Waals surface area contributed by atoms with Crippen LogP contribution < -0.4 is 21.1 Å². The van der Waals surface area contributed by atoms with Crippen molar-refractivity contribution in [3.8, 4) is 5.75 Å². The number of halogens is 1. The number of carbonyl (C=O) groups excluding carboxylic acids is 1. The molecular weight excluding hydrogens is 438 g/mol. The Bertz CT molecular complexity index is 959. The van der Waals surface area contributed by atoms with E-state index in [1.165, 1.54) is 5.56 Å². The molecule has 0 radical (unpaired) electrons. The summed E-state index contributed by atoms with van der Waals surface area (Å²) >= 11 is 3.50. The van der Waals surface area contributed by atoms with Gasteiger partial charge in [0.05, 0.1) is 0 Å². The first-order valence-electron chi connectivity index (χ1n) is 9.06. The maximum Gasteiger partial charge on any atom is 0.277 e. The van der Waals surface area contributed by atoms with Crippen LogP contribution in [0.2, 0.25) is 0 Å². The number of benzene rings is 2. The second-order valence-corrected chi connectivity index (χ2v) is 7.37. The smallest absolute Gasteiger partial charge is 0.277 e. The number of nitrogens with two attached hydrogens (primary N) is 1. The fourth-order valence-corrected chi connectivity index (χ4v) is 3.01. The van der Waals surface area contributed by atoms with Gasteiger partial charge in [0.15, 0.2) is 0 Å². The van der Waals surface area contributed by atoms with Gasteiger partial charge in [0.2, 0.25) is 11.5 Å². The molecule has 2 aromatic carbocycles. The molecule has 4 N–H and O–H groups in total. The second kappa shape index (κ2) is 10.0. The van der Waals surface area contributed by atoms with E-state index < -0.39 is 5.91 Å². The molecule has 0 unspecified atom stereocenters. The van der Waals surface area contributed by atoms with Crippen LogP contribution in [-0.4, -0.2) is 29.3 Å². The number of nitrogen functional groups attached to an aromatic ring is 1. The lowest BCUT2D eigenvalue weighted by atomic mass is 10.1. The van der Waals surface area contributed by atoms with Crippen molar-refractivity contribution in [1.29, 1.82) is 0 Å². The predicted octanol–water partition coefficient (Wildman–Crippen LogP) is 2.82. The lowest BCUT2D eigenvalue weighted by Crippen LogP contribution is -2.32. The van der Waals surface area contributed by atoms with Crippen LogP contribution >= 0.6 is 15.9 Å². The molecule has 0 spiro atoms. The number of nitrogens with one attached hydrogen (secondary N) is 2. The lowest BCUT2D eigenvalue weighted by Gasteiger charge is -2.13. The molecule has 0 aliphatic carbocycles. The molecule has 0 atom stereocenters. The van der Waals surface area contributed by atoms with Crippen molar-refractivity contribution in [2.75, 3.05) is 18.8 Å². The van der Waals surface area contributed by atoms with E-state index in [1.54, 1.807) is 0 Å². The lowest BCUT2D eigenvalue weighted by molar-refractivity contribution is 0.0944. The van der Waals surface area contributed by atoms with Gasteiger partial charge in [-0.1, -0.05) is 45.8 Å². The minimum atomic E-state index is -0.421. The zero-order valence-electron chi connectivity index (χ0n) is 15.9. The van der Waals surface area contributed by atoms with E-state index in [-0.39, 0.29) is 11.5 Å². The maximum atomic E-state index is 11.9. The molecule has 0 aliphatic rings. The Hall–Kier alpha value is -2.91. The van der Waals surface area contributed by atoms with Gasteiger partial charge < -0.3 is 21.1 Å². The molecule has 1 heterocycles. The zero-order chi connectivity index (χ0) is 20.6. The minimum absolute atomic E-state index is 0.0104. The summed E-state index contributed by atoms with van der Waals surface area (Å²) < 4.78 is 11.4. The number of nitrogens with zero attached hydrogens (tertiary/aromatic N) is 2. The highest BCUT2D eigenvalue weighted by molar-refractivity contribution is 9.10. The van der Waals surface area contributed by atoms with Crippen molar-refractivity contribution in [3.63, 3.8) is 0 Å². The second-order valence-electron chi connectivity index (χ2n) is 6.46. The van der Waals surface area contributed by atoms with Gasteiger partial charge in [-0.25, -0.2) is 4.63 Å². The maximum absolute atomic E-state index is 11.9. The number of ether oxygens (including phenoxy) is 1. The van der Waals surface area contributed by atoms with Crippen molar-refractivity contribution in [3.05, 3.63) is 69.3 Å². The van der Waals surface area contributed by atoms with Gasteiger partial charge in [0, 0.05) is 29.7 Å². The highest BCUT2D eigenvalue weighted by Crippen LogP contribution is 2.24. The van der Waals surface area contributed by atoms with Gasteiger partial charge in [0.1, 0.15) is 12.4 Å². The van der Waals surface area contributed by atoms with E-state index in [9.17, 15) is 4.79 Å². The Morgan fingerprint density at radius 2 is 1.97 bits per heavy atom. The molecule has 0 saturated heterocycles. The Morgan fingerprint density at radius 3 is 2.69 bits per heavy atom. The van der Waals surface area contributed by atoms with Crippen molar-refractivity contribution >= 4 is 27.7 Å². The normalized spacial score (nSPS) is 10.7. The van der Waals surface area contributed by atoms with Gasteiger partial charge in [-0.2, -0.15) is 0 Å². The van der Waals surface area contributed by atoms with E-state index in [0.717, 1.165) is 21.3 Å². The quantitative estimate of drug-likeness (QED) is 0.421. The molecule has 8 nitrogen and oxygen atoms in total. The number of aryl methyl sites for hydroxylation is 1. The molecule has 3 aromatic rings. The Labute approximate surface area is 176 Å². The fourth-order valence-electron chi connectivity index (χ4n) is 2.60. The van der Waals surface area contributed by atoms with E-state index in [2.05, 4.69) is 72.7 Å². The number of amides is 1. The van der Waals surface area contributed by atoms with Crippen LogP contribution in [0.1, 0.15) is 27.2 Å². The van der Waals surface area contributed by atoms with Gasteiger partial charge in [-0.05, 0) is 41.0 Å². The first-order chi connectivity index (χ1) is 14.0. The number of carbonyl (C=O) groups is 1. The van der Waals surface area contributed by atoms with Gasteiger partial charge in [-0.3, -0.25) is 4.79 Å². The van der Waals surface area contributed by atoms with Crippen LogP contribution in [-0.2, 0) is 13.2 Å². The van der Waals surface area contributed by atoms with E-state index >= 15 is 0 Å². The summed E-state index contributed by atoms with van der Waals surface area (Å²) in [5.41, 5.74) is 8.83. The molecule has 29 heavy (non-hydrogen) atoms. The minimum Gasteiger partial charge on any atom is -0.489 e. The van der Waals surface area contributed by atoms with Crippen LogP contribution in [0.15, 0.2) is 51.6 Å².